The molecule has 0 N–H and O–H groups in total. The molecule has 0 aromatic heterocycles. The quantitative estimate of drug-likeness (QED) is 0.270. The minimum absolute atomic E-state index is 0.147. The van der Waals surface area contributed by atoms with Gasteiger partial charge in [0.2, 0.25) is 0 Å². The molecule has 3 aromatic carbocycles. The summed E-state index contributed by atoms with van der Waals surface area (Å²) in [6, 6.07) is 20.1. The van der Waals surface area contributed by atoms with E-state index in [1.165, 1.54) is 0 Å². The Morgan fingerprint density at radius 1 is 1.11 bits per heavy atom. The standard InChI is InChI=1S/C24H18BrNO2/c1-3-11-28-24-22(25)13-17(14-23(24)27-4-2)12-21(16-26)20-10-9-18-7-5-6-8-19(18)15-20/h1,5-10,12-15H,4,11H2,2H3/b21-12-. The lowest BCUT2D eigenvalue weighted by Gasteiger charge is -2.13. The van der Waals surface area contributed by atoms with Crippen LogP contribution in [0.3, 0.4) is 0 Å². The number of allylic oxidation sites excluding steroid dienone is 1. The van der Waals surface area contributed by atoms with Gasteiger partial charge in [-0.2, -0.15) is 5.26 Å². The van der Waals surface area contributed by atoms with Crippen molar-refractivity contribution in [2.24, 2.45) is 0 Å². The van der Waals surface area contributed by atoms with Crippen LogP contribution in [-0.4, -0.2) is 13.2 Å². The van der Waals surface area contributed by atoms with E-state index < -0.39 is 0 Å². The fourth-order valence-corrected chi connectivity index (χ4v) is 3.47. The van der Waals surface area contributed by atoms with Crippen LogP contribution in [0.25, 0.3) is 22.4 Å². The molecular formula is C24H18BrNO2. The average Bonchev–Trinajstić information content (AvgIpc) is 2.71. The number of fused-ring (bicyclic) bond motifs is 1. The Hall–Kier alpha value is -3.21. The molecule has 0 aliphatic carbocycles. The molecular weight excluding hydrogens is 414 g/mol. The molecule has 0 fully saturated rings. The maximum Gasteiger partial charge on any atom is 0.176 e. The third kappa shape index (κ3) is 4.36. The summed E-state index contributed by atoms with van der Waals surface area (Å²) in [7, 11) is 0. The lowest BCUT2D eigenvalue weighted by molar-refractivity contribution is 0.298. The van der Waals surface area contributed by atoms with E-state index in [0.717, 1.165) is 26.4 Å². The molecule has 0 saturated heterocycles. The highest BCUT2D eigenvalue weighted by molar-refractivity contribution is 9.10. The topological polar surface area (TPSA) is 42.2 Å². The monoisotopic (exact) mass is 431 g/mol. The van der Waals surface area contributed by atoms with Crippen molar-refractivity contribution in [1.82, 2.24) is 0 Å². The summed E-state index contributed by atoms with van der Waals surface area (Å²) in [5.41, 5.74) is 2.26. The Bertz CT molecular complexity index is 1120. The van der Waals surface area contributed by atoms with Crippen LogP contribution in [0, 0.1) is 23.7 Å². The molecule has 0 saturated carbocycles. The van der Waals surface area contributed by atoms with E-state index in [2.05, 4.69) is 34.0 Å². The lowest BCUT2D eigenvalue weighted by Crippen LogP contribution is -2.00. The second-order valence-corrected chi connectivity index (χ2v) is 6.84. The van der Waals surface area contributed by atoms with E-state index in [4.69, 9.17) is 15.9 Å². The average molecular weight is 432 g/mol. The zero-order valence-electron chi connectivity index (χ0n) is 15.4. The van der Waals surface area contributed by atoms with Crippen LogP contribution >= 0.6 is 15.9 Å². The number of nitriles is 1. The summed E-state index contributed by atoms with van der Waals surface area (Å²) >= 11 is 3.51. The highest BCUT2D eigenvalue weighted by atomic mass is 79.9. The van der Waals surface area contributed by atoms with Gasteiger partial charge in [-0.3, -0.25) is 0 Å². The molecule has 3 nitrogen and oxygen atoms in total. The molecule has 0 atom stereocenters. The Kier molecular flexibility index (Phi) is 6.37. The van der Waals surface area contributed by atoms with Crippen molar-refractivity contribution in [3.05, 3.63) is 70.2 Å². The van der Waals surface area contributed by atoms with Crippen LogP contribution in [0.1, 0.15) is 18.1 Å². The Morgan fingerprint density at radius 3 is 2.61 bits per heavy atom. The maximum atomic E-state index is 9.72. The number of nitrogens with zero attached hydrogens (tertiary/aromatic N) is 1. The first-order valence-corrected chi connectivity index (χ1v) is 9.59. The lowest BCUT2D eigenvalue weighted by atomic mass is 10.00. The summed E-state index contributed by atoms with van der Waals surface area (Å²) in [4.78, 5) is 0. The predicted molar refractivity (Wildman–Crippen MR) is 117 cm³/mol. The molecule has 0 heterocycles. The highest BCUT2D eigenvalue weighted by Gasteiger charge is 2.12. The molecule has 0 bridgehead atoms. The van der Waals surface area contributed by atoms with Crippen molar-refractivity contribution in [1.29, 1.82) is 5.26 Å². The molecule has 0 aliphatic rings. The van der Waals surface area contributed by atoms with Crippen LogP contribution in [0.15, 0.2) is 59.1 Å². The number of rotatable bonds is 6. The summed E-state index contributed by atoms with van der Waals surface area (Å²) in [6.45, 7) is 2.54. The fourth-order valence-electron chi connectivity index (χ4n) is 2.89. The molecule has 3 aromatic rings. The van der Waals surface area contributed by atoms with Gasteiger partial charge in [0.05, 0.1) is 22.7 Å². The van der Waals surface area contributed by atoms with Crippen molar-refractivity contribution in [3.63, 3.8) is 0 Å². The first kappa shape index (κ1) is 19.5. The normalized spacial score (nSPS) is 10.9. The maximum absolute atomic E-state index is 9.72. The van der Waals surface area contributed by atoms with E-state index in [1.807, 2.05) is 61.5 Å². The Labute approximate surface area is 173 Å². The summed E-state index contributed by atoms with van der Waals surface area (Å²) in [5, 5.41) is 11.9. The predicted octanol–water partition coefficient (Wildman–Crippen LogP) is 6.08. The van der Waals surface area contributed by atoms with Crippen molar-refractivity contribution in [2.75, 3.05) is 13.2 Å². The minimum atomic E-state index is 0.147. The summed E-state index contributed by atoms with van der Waals surface area (Å²) < 4.78 is 12.0. The van der Waals surface area contributed by atoms with Crippen molar-refractivity contribution < 1.29 is 9.47 Å². The van der Waals surface area contributed by atoms with Crippen LogP contribution < -0.4 is 9.47 Å². The number of hydrogen-bond donors (Lipinski definition) is 0. The van der Waals surface area contributed by atoms with Gasteiger partial charge in [-0.1, -0.05) is 42.3 Å². The minimum Gasteiger partial charge on any atom is -0.490 e. The van der Waals surface area contributed by atoms with Gasteiger partial charge in [-0.05, 0) is 69.0 Å². The molecule has 3 rings (SSSR count). The van der Waals surface area contributed by atoms with Gasteiger partial charge in [0.15, 0.2) is 11.5 Å². The smallest absolute Gasteiger partial charge is 0.176 e. The molecule has 28 heavy (non-hydrogen) atoms. The number of hydrogen-bond acceptors (Lipinski definition) is 3. The van der Waals surface area contributed by atoms with Gasteiger partial charge in [0, 0.05) is 0 Å². The van der Waals surface area contributed by atoms with Crippen LogP contribution in [-0.2, 0) is 0 Å². The number of terminal acetylenes is 1. The first-order valence-electron chi connectivity index (χ1n) is 8.79. The summed E-state index contributed by atoms with van der Waals surface area (Å²) in [6.07, 6.45) is 7.13. The van der Waals surface area contributed by atoms with Crippen LogP contribution in [0.2, 0.25) is 0 Å². The van der Waals surface area contributed by atoms with Crippen LogP contribution in [0.5, 0.6) is 11.5 Å². The second kappa shape index (κ2) is 9.13. The molecule has 0 unspecified atom stereocenters. The largest absolute Gasteiger partial charge is 0.490 e. The first-order chi connectivity index (χ1) is 13.7. The van der Waals surface area contributed by atoms with Gasteiger partial charge in [-0.25, -0.2) is 0 Å². The van der Waals surface area contributed by atoms with Crippen molar-refractivity contribution in [3.8, 4) is 29.9 Å². The van der Waals surface area contributed by atoms with E-state index in [-0.39, 0.29) is 6.61 Å². The fraction of sp³-hybridized carbons (Fsp3) is 0.125. The second-order valence-electron chi connectivity index (χ2n) is 5.99. The highest BCUT2D eigenvalue weighted by Crippen LogP contribution is 2.38. The van der Waals surface area contributed by atoms with E-state index in [9.17, 15) is 5.26 Å². The number of benzene rings is 3. The van der Waals surface area contributed by atoms with Gasteiger partial charge >= 0.3 is 0 Å². The molecule has 0 aliphatic heterocycles. The number of ether oxygens (including phenoxy) is 2. The Balaban J connectivity index is 2.04. The van der Waals surface area contributed by atoms with E-state index in [0.29, 0.717) is 23.7 Å². The van der Waals surface area contributed by atoms with Crippen molar-refractivity contribution in [2.45, 2.75) is 6.92 Å². The molecule has 138 valence electrons. The van der Waals surface area contributed by atoms with Gasteiger partial charge in [0.1, 0.15) is 6.61 Å². The third-order valence-electron chi connectivity index (χ3n) is 4.12. The van der Waals surface area contributed by atoms with Gasteiger partial charge < -0.3 is 9.47 Å². The van der Waals surface area contributed by atoms with Gasteiger partial charge in [-0.15, -0.1) is 6.42 Å². The molecule has 4 heteroatoms. The zero-order chi connectivity index (χ0) is 19.9. The van der Waals surface area contributed by atoms with E-state index >= 15 is 0 Å². The van der Waals surface area contributed by atoms with E-state index in [1.54, 1.807) is 0 Å². The van der Waals surface area contributed by atoms with Crippen LogP contribution in [0.4, 0.5) is 0 Å². The Morgan fingerprint density at radius 2 is 1.89 bits per heavy atom. The molecule has 0 radical (unpaired) electrons. The van der Waals surface area contributed by atoms with Crippen molar-refractivity contribution >= 4 is 38.4 Å². The van der Waals surface area contributed by atoms with Gasteiger partial charge in [0.25, 0.3) is 0 Å². The molecule has 0 amide bonds. The number of halogens is 1. The zero-order valence-corrected chi connectivity index (χ0v) is 17.0. The SMILES string of the molecule is C#CCOc1c(Br)cc(/C=C(/C#N)c2ccc3ccccc3c2)cc1OCC. The molecule has 0 spiro atoms. The third-order valence-corrected chi connectivity index (χ3v) is 4.71. The summed E-state index contributed by atoms with van der Waals surface area (Å²) in [5.74, 6) is 3.59.